The number of aromatic nitrogens is 1. The van der Waals surface area contributed by atoms with Crippen LogP contribution in [0.2, 0.25) is 0 Å². The number of methoxy groups -OCH3 is 1. The third-order valence-corrected chi connectivity index (χ3v) is 3.44. The molecule has 0 aliphatic carbocycles. The first-order valence-electron chi connectivity index (χ1n) is 6.84. The fourth-order valence-electron chi connectivity index (χ4n) is 2.35. The average Bonchev–Trinajstić information content (AvgIpc) is 2.91. The number of rotatable bonds is 4. The van der Waals surface area contributed by atoms with Gasteiger partial charge in [-0.15, -0.1) is 0 Å². The smallest absolute Gasteiger partial charge is 0.244 e. The predicted octanol–water partition coefficient (Wildman–Crippen LogP) is 3.43. The fraction of sp³-hybridized carbons (Fsp3) is 0.118. The number of hydrogen-bond donors (Lipinski definition) is 1. The molecule has 0 spiro atoms. The van der Waals surface area contributed by atoms with Crippen molar-refractivity contribution in [3.05, 3.63) is 60.5 Å². The number of anilines is 1. The number of carbonyl (C=O) groups excluding carboxylic acids is 1. The van der Waals surface area contributed by atoms with Crippen molar-refractivity contribution in [1.82, 2.24) is 4.57 Å². The summed E-state index contributed by atoms with van der Waals surface area (Å²) in [7, 11) is 1.61. The summed E-state index contributed by atoms with van der Waals surface area (Å²) in [5, 5.41) is 3.56. The molecule has 4 nitrogen and oxygen atoms in total. The minimum Gasteiger partial charge on any atom is -0.497 e. The molecule has 1 aromatic heterocycles. The number of ether oxygens (including phenoxy) is 1. The van der Waals surface area contributed by atoms with Gasteiger partial charge in [0.25, 0.3) is 0 Å². The van der Waals surface area contributed by atoms with Crippen molar-refractivity contribution in [3.8, 4) is 5.75 Å². The van der Waals surface area contributed by atoms with E-state index in [4.69, 9.17) is 4.74 Å². The maximum Gasteiger partial charge on any atom is 0.244 e. The molecule has 0 unspecified atom stereocenters. The Morgan fingerprint density at radius 2 is 2.05 bits per heavy atom. The van der Waals surface area contributed by atoms with E-state index in [1.165, 1.54) is 12.1 Å². The molecule has 5 heteroatoms. The Morgan fingerprint density at radius 1 is 1.23 bits per heavy atom. The number of hydrogen-bond acceptors (Lipinski definition) is 2. The van der Waals surface area contributed by atoms with Gasteiger partial charge in [0.05, 0.1) is 12.8 Å². The van der Waals surface area contributed by atoms with Gasteiger partial charge >= 0.3 is 0 Å². The van der Waals surface area contributed by atoms with Crippen LogP contribution in [-0.4, -0.2) is 17.6 Å². The maximum absolute atomic E-state index is 13.5. The van der Waals surface area contributed by atoms with E-state index >= 15 is 0 Å². The fourth-order valence-corrected chi connectivity index (χ4v) is 2.35. The lowest BCUT2D eigenvalue weighted by Crippen LogP contribution is -2.18. The largest absolute Gasteiger partial charge is 0.497 e. The summed E-state index contributed by atoms with van der Waals surface area (Å²) in [4.78, 5) is 12.1. The molecule has 0 aliphatic heterocycles. The SMILES string of the molecule is COc1ccc2c(ccn2CC(=O)Nc2ccccc2F)c1. The minimum atomic E-state index is -0.446. The van der Waals surface area contributed by atoms with E-state index in [0.717, 1.165) is 16.7 Å². The Kier molecular flexibility index (Phi) is 3.78. The molecular formula is C17H15FN2O2. The molecule has 0 saturated heterocycles. The van der Waals surface area contributed by atoms with Crippen LogP contribution in [0, 0.1) is 5.82 Å². The number of nitrogens with one attached hydrogen (secondary N) is 1. The summed E-state index contributed by atoms with van der Waals surface area (Å²) in [6.45, 7) is 0.115. The lowest BCUT2D eigenvalue weighted by Gasteiger charge is -2.08. The zero-order chi connectivity index (χ0) is 15.5. The molecule has 1 heterocycles. The predicted molar refractivity (Wildman–Crippen MR) is 83.5 cm³/mol. The number of fused-ring (bicyclic) bond motifs is 1. The van der Waals surface area contributed by atoms with Crippen LogP contribution in [0.5, 0.6) is 5.75 Å². The topological polar surface area (TPSA) is 43.3 Å². The second kappa shape index (κ2) is 5.89. The molecule has 0 aliphatic rings. The van der Waals surface area contributed by atoms with Gasteiger partial charge in [-0.3, -0.25) is 4.79 Å². The van der Waals surface area contributed by atoms with Gasteiger partial charge in [-0.2, -0.15) is 0 Å². The molecule has 0 saturated carbocycles. The van der Waals surface area contributed by atoms with Crippen molar-refractivity contribution >= 4 is 22.5 Å². The number of nitrogens with zero attached hydrogens (tertiary/aromatic N) is 1. The molecule has 0 bridgehead atoms. The Labute approximate surface area is 127 Å². The van der Waals surface area contributed by atoms with Gasteiger partial charge in [0.15, 0.2) is 0 Å². The first-order chi connectivity index (χ1) is 10.7. The molecule has 0 fully saturated rings. The second-order valence-corrected chi connectivity index (χ2v) is 4.90. The van der Waals surface area contributed by atoms with Crippen LogP contribution in [0.15, 0.2) is 54.7 Å². The normalized spacial score (nSPS) is 10.6. The van der Waals surface area contributed by atoms with E-state index < -0.39 is 5.82 Å². The third kappa shape index (κ3) is 2.79. The molecule has 22 heavy (non-hydrogen) atoms. The summed E-state index contributed by atoms with van der Waals surface area (Å²) in [5.74, 6) is 0.0393. The maximum atomic E-state index is 13.5. The molecular weight excluding hydrogens is 283 g/mol. The average molecular weight is 298 g/mol. The monoisotopic (exact) mass is 298 g/mol. The molecule has 1 amide bonds. The summed E-state index contributed by atoms with van der Waals surface area (Å²) < 4.78 is 20.5. The molecule has 0 radical (unpaired) electrons. The third-order valence-electron chi connectivity index (χ3n) is 3.44. The first kappa shape index (κ1) is 14.1. The lowest BCUT2D eigenvalue weighted by molar-refractivity contribution is -0.116. The zero-order valence-electron chi connectivity index (χ0n) is 12.0. The van der Waals surface area contributed by atoms with Gasteiger partial charge in [-0.05, 0) is 36.4 Å². The van der Waals surface area contributed by atoms with E-state index in [1.807, 2.05) is 35.0 Å². The second-order valence-electron chi connectivity index (χ2n) is 4.90. The van der Waals surface area contributed by atoms with Gasteiger partial charge in [-0.25, -0.2) is 4.39 Å². The van der Waals surface area contributed by atoms with Crippen molar-refractivity contribution in [1.29, 1.82) is 0 Å². The highest BCUT2D eigenvalue weighted by atomic mass is 19.1. The number of carbonyl (C=O) groups is 1. The van der Waals surface area contributed by atoms with Crippen LogP contribution in [0.1, 0.15) is 0 Å². The van der Waals surface area contributed by atoms with Gasteiger partial charge < -0.3 is 14.6 Å². The van der Waals surface area contributed by atoms with Crippen molar-refractivity contribution in [2.75, 3.05) is 12.4 Å². The molecule has 3 rings (SSSR count). The van der Waals surface area contributed by atoms with E-state index in [-0.39, 0.29) is 18.1 Å². The highest BCUT2D eigenvalue weighted by Crippen LogP contribution is 2.22. The van der Waals surface area contributed by atoms with Gasteiger partial charge in [-0.1, -0.05) is 12.1 Å². The number of halogens is 1. The molecule has 1 N–H and O–H groups in total. The molecule has 2 aromatic carbocycles. The Bertz CT molecular complexity index is 826. The highest BCUT2D eigenvalue weighted by molar-refractivity contribution is 5.92. The van der Waals surface area contributed by atoms with Crippen LogP contribution >= 0.6 is 0 Å². The first-order valence-corrected chi connectivity index (χ1v) is 6.84. The van der Waals surface area contributed by atoms with Crippen LogP contribution in [0.25, 0.3) is 10.9 Å². The minimum absolute atomic E-state index is 0.115. The van der Waals surface area contributed by atoms with E-state index in [2.05, 4.69) is 5.32 Å². The standard InChI is InChI=1S/C17H15FN2O2/c1-22-13-6-7-16-12(10-13)8-9-20(16)11-17(21)19-15-5-3-2-4-14(15)18/h2-10H,11H2,1H3,(H,19,21). The number of para-hydroxylation sites is 1. The van der Waals surface area contributed by atoms with Gasteiger partial charge in [0.1, 0.15) is 18.1 Å². The van der Waals surface area contributed by atoms with Crippen molar-refractivity contribution in [2.24, 2.45) is 0 Å². The van der Waals surface area contributed by atoms with Crippen LogP contribution in [-0.2, 0) is 11.3 Å². The number of benzene rings is 2. The van der Waals surface area contributed by atoms with Crippen molar-refractivity contribution < 1.29 is 13.9 Å². The Hall–Kier alpha value is -2.82. The summed E-state index contributed by atoms with van der Waals surface area (Å²) in [5.41, 5.74) is 1.11. The van der Waals surface area contributed by atoms with Crippen LogP contribution < -0.4 is 10.1 Å². The summed E-state index contributed by atoms with van der Waals surface area (Å²) >= 11 is 0. The van der Waals surface area contributed by atoms with E-state index in [9.17, 15) is 9.18 Å². The van der Waals surface area contributed by atoms with Crippen LogP contribution in [0.4, 0.5) is 10.1 Å². The quantitative estimate of drug-likeness (QED) is 0.802. The lowest BCUT2D eigenvalue weighted by atomic mass is 10.2. The van der Waals surface area contributed by atoms with Crippen molar-refractivity contribution in [2.45, 2.75) is 6.54 Å². The van der Waals surface area contributed by atoms with E-state index in [1.54, 1.807) is 19.2 Å². The van der Waals surface area contributed by atoms with Gasteiger partial charge in [0.2, 0.25) is 5.91 Å². The summed E-state index contributed by atoms with van der Waals surface area (Å²) in [6.07, 6.45) is 1.82. The highest BCUT2D eigenvalue weighted by Gasteiger charge is 2.09. The molecule has 3 aromatic rings. The van der Waals surface area contributed by atoms with E-state index in [0.29, 0.717) is 0 Å². The zero-order valence-corrected chi connectivity index (χ0v) is 12.0. The summed E-state index contributed by atoms with van der Waals surface area (Å²) in [6, 6.07) is 13.7. The van der Waals surface area contributed by atoms with Gasteiger partial charge in [0, 0.05) is 17.1 Å². The van der Waals surface area contributed by atoms with Crippen LogP contribution in [0.3, 0.4) is 0 Å². The number of amides is 1. The Morgan fingerprint density at radius 3 is 2.82 bits per heavy atom. The molecule has 0 atom stereocenters. The Balaban J connectivity index is 1.78. The van der Waals surface area contributed by atoms with Crippen molar-refractivity contribution in [3.63, 3.8) is 0 Å². The molecule has 112 valence electrons.